The Bertz CT molecular complexity index is 172. The molecule has 0 rings (SSSR count). The number of unbranched alkanes of at least 4 members (excludes halogenated alkanes) is 7. The maximum absolute atomic E-state index is 11.3. The highest BCUT2D eigenvalue weighted by Gasteiger charge is 2.01. The molecule has 0 amide bonds. The van der Waals surface area contributed by atoms with Gasteiger partial charge in [-0.3, -0.25) is 4.79 Å². The van der Waals surface area contributed by atoms with Gasteiger partial charge in [0.2, 0.25) is 0 Å². The first kappa shape index (κ1) is 16.8. The standard InChI is InChI=1S/C14H28O2S/c1-2-3-4-5-6-9-12-16-14(15)11-8-7-10-13-17/h17H,2-13H2,1H3. The lowest BCUT2D eigenvalue weighted by molar-refractivity contribution is -0.143. The van der Waals surface area contributed by atoms with Gasteiger partial charge in [0.15, 0.2) is 0 Å². The molecular weight excluding hydrogens is 232 g/mol. The minimum absolute atomic E-state index is 0.0299. The molecule has 17 heavy (non-hydrogen) atoms. The van der Waals surface area contributed by atoms with Gasteiger partial charge in [-0.1, -0.05) is 45.4 Å². The summed E-state index contributed by atoms with van der Waals surface area (Å²) >= 11 is 4.13. The Morgan fingerprint density at radius 1 is 0.941 bits per heavy atom. The third kappa shape index (κ3) is 13.8. The molecule has 0 aliphatic heterocycles. The Balaban J connectivity index is 3.11. The fourth-order valence-corrected chi connectivity index (χ4v) is 1.92. The summed E-state index contributed by atoms with van der Waals surface area (Å²) in [6, 6.07) is 0. The van der Waals surface area contributed by atoms with Gasteiger partial charge in [-0.05, 0) is 25.0 Å². The summed E-state index contributed by atoms with van der Waals surface area (Å²) in [5.74, 6) is 0.880. The van der Waals surface area contributed by atoms with Gasteiger partial charge < -0.3 is 4.74 Å². The summed E-state index contributed by atoms with van der Waals surface area (Å²) in [4.78, 5) is 11.3. The van der Waals surface area contributed by atoms with Crippen molar-refractivity contribution in [3.05, 3.63) is 0 Å². The molecule has 0 N–H and O–H groups in total. The van der Waals surface area contributed by atoms with E-state index in [1.807, 2.05) is 0 Å². The van der Waals surface area contributed by atoms with Gasteiger partial charge in [0, 0.05) is 6.42 Å². The van der Waals surface area contributed by atoms with E-state index in [1.54, 1.807) is 0 Å². The summed E-state index contributed by atoms with van der Waals surface area (Å²) in [5, 5.41) is 0. The Morgan fingerprint density at radius 2 is 1.59 bits per heavy atom. The topological polar surface area (TPSA) is 26.3 Å². The van der Waals surface area contributed by atoms with Crippen molar-refractivity contribution in [3.63, 3.8) is 0 Å². The molecule has 2 nitrogen and oxygen atoms in total. The molecule has 0 radical (unpaired) electrons. The Morgan fingerprint density at radius 3 is 2.29 bits per heavy atom. The molecule has 0 aromatic carbocycles. The van der Waals surface area contributed by atoms with Gasteiger partial charge in [-0.15, -0.1) is 0 Å². The first-order valence-corrected chi connectivity index (χ1v) is 7.71. The minimum atomic E-state index is -0.0299. The van der Waals surface area contributed by atoms with E-state index in [9.17, 15) is 4.79 Å². The van der Waals surface area contributed by atoms with E-state index >= 15 is 0 Å². The molecule has 0 unspecified atom stereocenters. The van der Waals surface area contributed by atoms with Crippen molar-refractivity contribution in [1.82, 2.24) is 0 Å². The number of carbonyl (C=O) groups is 1. The first-order valence-electron chi connectivity index (χ1n) is 7.07. The second-order valence-electron chi connectivity index (χ2n) is 4.52. The van der Waals surface area contributed by atoms with E-state index in [1.165, 1.54) is 32.1 Å². The molecule has 0 aromatic rings. The van der Waals surface area contributed by atoms with Crippen molar-refractivity contribution in [2.75, 3.05) is 12.4 Å². The zero-order chi connectivity index (χ0) is 12.8. The van der Waals surface area contributed by atoms with Crippen molar-refractivity contribution in [2.45, 2.75) is 71.1 Å². The van der Waals surface area contributed by atoms with E-state index in [0.29, 0.717) is 13.0 Å². The summed E-state index contributed by atoms with van der Waals surface area (Å²) in [5.41, 5.74) is 0. The van der Waals surface area contributed by atoms with E-state index in [0.717, 1.165) is 31.4 Å². The molecule has 0 saturated heterocycles. The number of hydrogen-bond acceptors (Lipinski definition) is 3. The van der Waals surface area contributed by atoms with Gasteiger partial charge in [0.25, 0.3) is 0 Å². The zero-order valence-corrected chi connectivity index (χ0v) is 12.1. The highest BCUT2D eigenvalue weighted by molar-refractivity contribution is 7.80. The molecule has 0 aliphatic carbocycles. The van der Waals surface area contributed by atoms with Gasteiger partial charge in [-0.2, -0.15) is 12.6 Å². The summed E-state index contributed by atoms with van der Waals surface area (Å²) < 4.78 is 5.17. The van der Waals surface area contributed by atoms with Gasteiger partial charge in [-0.25, -0.2) is 0 Å². The van der Waals surface area contributed by atoms with Gasteiger partial charge in [0.05, 0.1) is 6.61 Å². The van der Waals surface area contributed by atoms with Crippen molar-refractivity contribution < 1.29 is 9.53 Å². The van der Waals surface area contributed by atoms with Crippen LogP contribution in [0.25, 0.3) is 0 Å². The van der Waals surface area contributed by atoms with E-state index < -0.39 is 0 Å². The molecule has 0 atom stereocenters. The molecule has 0 aliphatic rings. The summed E-state index contributed by atoms with van der Waals surface area (Å²) in [6.45, 7) is 2.83. The van der Waals surface area contributed by atoms with Crippen LogP contribution in [0.3, 0.4) is 0 Å². The number of thiol groups is 1. The van der Waals surface area contributed by atoms with Crippen LogP contribution in [0.4, 0.5) is 0 Å². The second kappa shape index (κ2) is 13.9. The van der Waals surface area contributed by atoms with Gasteiger partial charge in [0.1, 0.15) is 0 Å². The van der Waals surface area contributed by atoms with Crippen LogP contribution in [0.1, 0.15) is 71.1 Å². The van der Waals surface area contributed by atoms with Crippen LogP contribution < -0.4 is 0 Å². The van der Waals surface area contributed by atoms with Crippen molar-refractivity contribution in [1.29, 1.82) is 0 Å². The van der Waals surface area contributed by atoms with Crippen molar-refractivity contribution >= 4 is 18.6 Å². The maximum atomic E-state index is 11.3. The zero-order valence-electron chi connectivity index (χ0n) is 11.2. The van der Waals surface area contributed by atoms with Crippen LogP contribution in [0.5, 0.6) is 0 Å². The molecule has 3 heteroatoms. The lowest BCUT2D eigenvalue weighted by Crippen LogP contribution is -2.05. The molecular formula is C14H28O2S. The van der Waals surface area contributed by atoms with Crippen LogP contribution in [0.15, 0.2) is 0 Å². The van der Waals surface area contributed by atoms with Crippen LogP contribution in [-0.4, -0.2) is 18.3 Å². The molecule has 0 spiro atoms. The number of carbonyl (C=O) groups excluding carboxylic acids is 1. The van der Waals surface area contributed by atoms with Crippen molar-refractivity contribution in [2.24, 2.45) is 0 Å². The highest BCUT2D eigenvalue weighted by atomic mass is 32.1. The SMILES string of the molecule is CCCCCCCCOC(=O)CCCCCS. The number of rotatable bonds is 12. The first-order chi connectivity index (χ1) is 8.31. The lowest BCUT2D eigenvalue weighted by Gasteiger charge is -2.04. The lowest BCUT2D eigenvalue weighted by atomic mass is 10.1. The molecule has 102 valence electrons. The van der Waals surface area contributed by atoms with Crippen molar-refractivity contribution in [3.8, 4) is 0 Å². The maximum Gasteiger partial charge on any atom is 0.305 e. The second-order valence-corrected chi connectivity index (χ2v) is 4.97. The Kier molecular flexibility index (Phi) is 13.7. The quantitative estimate of drug-likeness (QED) is 0.320. The largest absolute Gasteiger partial charge is 0.466 e. The van der Waals surface area contributed by atoms with Crippen LogP contribution >= 0.6 is 12.6 Å². The molecule has 0 saturated carbocycles. The third-order valence-electron chi connectivity index (χ3n) is 2.80. The third-order valence-corrected chi connectivity index (χ3v) is 3.12. The minimum Gasteiger partial charge on any atom is -0.466 e. The molecule has 0 bridgehead atoms. The fourth-order valence-electron chi connectivity index (χ4n) is 1.70. The summed E-state index contributed by atoms with van der Waals surface area (Å²) in [7, 11) is 0. The highest BCUT2D eigenvalue weighted by Crippen LogP contribution is 2.06. The summed E-state index contributed by atoms with van der Waals surface area (Å²) in [6.07, 6.45) is 11.1. The number of esters is 1. The smallest absolute Gasteiger partial charge is 0.305 e. The normalized spacial score (nSPS) is 10.5. The Labute approximate surface area is 112 Å². The van der Waals surface area contributed by atoms with Crippen LogP contribution in [-0.2, 0) is 9.53 Å². The van der Waals surface area contributed by atoms with Gasteiger partial charge >= 0.3 is 5.97 Å². The van der Waals surface area contributed by atoms with E-state index in [4.69, 9.17) is 4.74 Å². The average molecular weight is 260 g/mol. The van der Waals surface area contributed by atoms with E-state index in [-0.39, 0.29) is 5.97 Å². The Hall–Kier alpha value is -0.180. The molecule has 0 heterocycles. The van der Waals surface area contributed by atoms with E-state index in [2.05, 4.69) is 19.6 Å². The predicted octanol–water partition coefficient (Wildman–Crippen LogP) is 4.38. The molecule has 0 aromatic heterocycles. The average Bonchev–Trinajstić information content (AvgIpc) is 2.33. The number of ether oxygens (including phenoxy) is 1. The molecule has 0 fully saturated rings. The van der Waals surface area contributed by atoms with Crippen LogP contribution in [0.2, 0.25) is 0 Å². The van der Waals surface area contributed by atoms with Crippen LogP contribution in [0, 0.1) is 0 Å². The fraction of sp³-hybridized carbons (Fsp3) is 0.929. The predicted molar refractivity (Wildman–Crippen MR) is 76.7 cm³/mol. The monoisotopic (exact) mass is 260 g/mol. The number of hydrogen-bond donors (Lipinski definition) is 1.